The van der Waals surface area contributed by atoms with Crippen molar-refractivity contribution >= 4 is 5.97 Å². The summed E-state index contributed by atoms with van der Waals surface area (Å²) in [5, 5.41) is 11.8. The minimum absolute atomic E-state index is 0.229. The minimum atomic E-state index is -0.718. The molecule has 0 aliphatic carbocycles. The van der Waals surface area contributed by atoms with Gasteiger partial charge in [-0.15, -0.1) is 0 Å². The van der Waals surface area contributed by atoms with Crippen LogP contribution in [-0.2, 0) is 4.79 Å². The van der Waals surface area contributed by atoms with Gasteiger partial charge in [0.25, 0.3) is 0 Å². The molecule has 0 aromatic heterocycles. The van der Waals surface area contributed by atoms with Gasteiger partial charge in [0, 0.05) is 19.5 Å². The lowest BCUT2D eigenvalue weighted by Gasteiger charge is -2.28. The molecule has 0 aromatic carbocycles. The third-order valence-corrected chi connectivity index (χ3v) is 2.09. The van der Waals surface area contributed by atoms with E-state index >= 15 is 0 Å². The highest BCUT2D eigenvalue weighted by molar-refractivity contribution is 5.66. The Morgan fingerprint density at radius 3 is 2.47 bits per heavy atom. The van der Waals surface area contributed by atoms with Crippen molar-refractivity contribution in [2.75, 3.05) is 33.7 Å². The van der Waals surface area contributed by atoms with Crippen molar-refractivity contribution in [3.63, 3.8) is 0 Å². The molecule has 0 heterocycles. The molecule has 0 bridgehead atoms. The molecule has 0 fully saturated rings. The molecule has 0 amide bonds. The van der Waals surface area contributed by atoms with Crippen LogP contribution >= 0.6 is 0 Å². The SMILES string of the molecule is CN(C)CC(C)(C)CNCCCC(=O)O. The normalized spacial score (nSPS) is 12.1. The lowest BCUT2D eigenvalue weighted by atomic mass is 9.93. The maximum absolute atomic E-state index is 10.3. The Morgan fingerprint density at radius 2 is 2.00 bits per heavy atom. The van der Waals surface area contributed by atoms with Crippen molar-refractivity contribution in [2.45, 2.75) is 26.7 Å². The van der Waals surface area contributed by atoms with Crippen LogP contribution < -0.4 is 5.32 Å². The van der Waals surface area contributed by atoms with E-state index in [0.29, 0.717) is 6.42 Å². The number of carbonyl (C=O) groups is 1. The Kier molecular flexibility index (Phi) is 6.52. The first-order chi connectivity index (χ1) is 6.83. The quantitative estimate of drug-likeness (QED) is 0.595. The second-order valence-corrected chi connectivity index (χ2v) is 5.08. The molecule has 0 saturated carbocycles. The maximum atomic E-state index is 10.3. The largest absolute Gasteiger partial charge is 0.481 e. The molecule has 2 N–H and O–H groups in total. The van der Waals surface area contributed by atoms with Gasteiger partial charge in [0.05, 0.1) is 0 Å². The zero-order valence-electron chi connectivity index (χ0n) is 10.3. The third-order valence-electron chi connectivity index (χ3n) is 2.09. The average molecular weight is 216 g/mol. The number of hydrogen-bond donors (Lipinski definition) is 2. The molecule has 0 rings (SSSR count). The van der Waals surface area contributed by atoms with Crippen LogP contribution in [-0.4, -0.2) is 49.7 Å². The first-order valence-corrected chi connectivity index (χ1v) is 5.41. The van der Waals surface area contributed by atoms with Crippen LogP contribution in [0, 0.1) is 5.41 Å². The fraction of sp³-hybridized carbons (Fsp3) is 0.909. The number of nitrogens with zero attached hydrogens (tertiary/aromatic N) is 1. The fourth-order valence-electron chi connectivity index (χ4n) is 1.70. The van der Waals surface area contributed by atoms with E-state index in [9.17, 15) is 4.79 Å². The summed E-state index contributed by atoms with van der Waals surface area (Å²) in [4.78, 5) is 12.4. The van der Waals surface area contributed by atoms with E-state index in [1.807, 2.05) is 0 Å². The van der Waals surface area contributed by atoms with E-state index in [1.54, 1.807) is 0 Å². The van der Waals surface area contributed by atoms with Gasteiger partial charge in [-0.1, -0.05) is 13.8 Å². The highest BCUT2D eigenvalue weighted by Gasteiger charge is 2.17. The zero-order valence-corrected chi connectivity index (χ0v) is 10.3. The van der Waals surface area contributed by atoms with E-state index in [1.165, 1.54) is 0 Å². The van der Waals surface area contributed by atoms with Crippen molar-refractivity contribution < 1.29 is 9.90 Å². The van der Waals surface area contributed by atoms with Crippen LogP contribution in [0.1, 0.15) is 26.7 Å². The van der Waals surface area contributed by atoms with Gasteiger partial charge in [0.2, 0.25) is 0 Å². The van der Waals surface area contributed by atoms with E-state index < -0.39 is 5.97 Å². The Hall–Kier alpha value is -0.610. The topological polar surface area (TPSA) is 52.6 Å². The van der Waals surface area contributed by atoms with E-state index in [-0.39, 0.29) is 11.8 Å². The molecule has 0 radical (unpaired) electrons. The summed E-state index contributed by atoms with van der Waals surface area (Å²) in [6, 6.07) is 0. The lowest BCUT2D eigenvalue weighted by Crippen LogP contribution is -2.38. The molecule has 0 saturated heterocycles. The molecular formula is C11H24N2O2. The van der Waals surface area contributed by atoms with Crippen LogP contribution in [0.3, 0.4) is 0 Å². The van der Waals surface area contributed by atoms with Crippen LogP contribution in [0.4, 0.5) is 0 Å². The van der Waals surface area contributed by atoms with Crippen molar-refractivity contribution in [1.82, 2.24) is 10.2 Å². The standard InChI is InChI=1S/C11H24N2O2/c1-11(2,9-13(3)4)8-12-7-5-6-10(14)15/h12H,5-9H2,1-4H3,(H,14,15). The Balaban J connectivity index is 3.52. The number of hydrogen-bond acceptors (Lipinski definition) is 3. The van der Waals surface area contributed by atoms with Gasteiger partial charge in [-0.3, -0.25) is 4.79 Å². The van der Waals surface area contributed by atoms with E-state index in [4.69, 9.17) is 5.11 Å². The Morgan fingerprint density at radius 1 is 1.40 bits per heavy atom. The molecule has 0 aromatic rings. The monoisotopic (exact) mass is 216 g/mol. The highest BCUT2D eigenvalue weighted by atomic mass is 16.4. The Labute approximate surface area is 92.7 Å². The molecule has 4 nitrogen and oxygen atoms in total. The highest BCUT2D eigenvalue weighted by Crippen LogP contribution is 2.13. The van der Waals surface area contributed by atoms with Gasteiger partial charge in [-0.2, -0.15) is 0 Å². The van der Waals surface area contributed by atoms with E-state index in [0.717, 1.165) is 19.6 Å². The summed E-state index contributed by atoms with van der Waals surface area (Å²) < 4.78 is 0. The van der Waals surface area contributed by atoms with Crippen LogP contribution in [0.25, 0.3) is 0 Å². The van der Waals surface area contributed by atoms with Crippen molar-refractivity contribution in [3.8, 4) is 0 Å². The van der Waals surface area contributed by atoms with Crippen molar-refractivity contribution in [3.05, 3.63) is 0 Å². The van der Waals surface area contributed by atoms with E-state index in [2.05, 4.69) is 38.2 Å². The van der Waals surface area contributed by atoms with Crippen LogP contribution in [0.5, 0.6) is 0 Å². The van der Waals surface area contributed by atoms with Crippen molar-refractivity contribution in [1.29, 1.82) is 0 Å². The summed E-state index contributed by atoms with van der Waals surface area (Å²) in [6.07, 6.45) is 0.953. The molecule has 0 aliphatic heterocycles. The predicted octanol–water partition coefficient (Wildman–Crippen LogP) is 1.03. The molecule has 0 unspecified atom stereocenters. The lowest BCUT2D eigenvalue weighted by molar-refractivity contribution is -0.137. The molecule has 0 spiro atoms. The first kappa shape index (κ1) is 14.4. The summed E-state index contributed by atoms with van der Waals surface area (Å²) in [7, 11) is 4.12. The van der Waals surface area contributed by atoms with Crippen LogP contribution in [0.15, 0.2) is 0 Å². The number of nitrogens with one attached hydrogen (secondary N) is 1. The van der Waals surface area contributed by atoms with Gasteiger partial charge in [-0.25, -0.2) is 0 Å². The van der Waals surface area contributed by atoms with Crippen molar-refractivity contribution in [2.24, 2.45) is 5.41 Å². The zero-order chi connectivity index (χ0) is 11.9. The average Bonchev–Trinajstić information content (AvgIpc) is 1.99. The molecule has 0 aliphatic rings. The van der Waals surface area contributed by atoms with Gasteiger partial charge in [0.1, 0.15) is 0 Å². The number of aliphatic carboxylic acids is 1. The summed E-state index contributed by atoms with van der Waals surface area (Å²) in [6.45, 7) is 7.14. The molecule has 15 heavy (non-hydrogen) atoms. The van der Waals surface area contributed by atoms with Crippen LogP contribution in [0.2, 0.25) is 0 Å². The fourth-order valence-corrected chi connectivity index (χ4v) is 1.70. The molecule has 0 atom stereocenters. The van der Waals surface area contributed by atoms with Gasteiger partial charge in [0.15, 0.2) is 0 Å². The maximum Gasteiger partial charge on any atom is 0.303 e. The summed E-state index contributed by atoms with van der Waals surface area (Å²) in [5.74, 6) is -0.718. The summed E-state index contributed by atoms with van der Waals surface area (Å²) in [5.41, 5.74) is 0.229. The van der Waals surface area contributed by atoms with Gasteiger partial charge < -0.3 is 15.3 Å². The number of carboxylic acids is 1. The van der Waals surface area contributed by atoms with Gasteiger partial charge >= 0.3 is 5.97 Å². The smallest absolute Gasteiger partial charge is 0.303 e. The first-order valence-electron chi connectivity index (χ1n) is 5.41. The molecule has 4 heteroatoms. The Bertz CT molecular complexity index is 191. The second kappa shape index (κ2) is 6.80. The number of rotatable bonds is 8. The molecule has 90 valence electrons. The minimum Gasteiger partial charge on any atom is -0.481 e. The second-order valence-electron chi connectivity index (χ2n) is 5.08. The number of carboxylic acid groups (broad SMARTS) is 1. The van der Waals surface area contributed by atoms with Gasteiger partial charge in [-0.05, 0) is 32.5 Å². The molecular weight excluding hydrogens is 192 g/mol. The summed E-state index contributed by atoms with van der Waals surface area (Å²) >= 11 is 0. The predicted molar refractivity (Wildman–Crippen MR) is 62.1 cm³/mol. The third kappa shape index (κ3) is 9.69.